The molecular formula is C15H18ClNO2S2. The van der Waals surface area contributed by atoms with Crippen molar-refractivity contribution in [1.29, 1.82) is 0 Å². The number of hydrogen-bond donors (Lipinski definition) is 1. The fourth-order valence-corrected chi connectivity index (χ4v) is 4.38. The van der Waals surface area contributed by atoms with Crippen LogP contribution in [-0.4, -0.2) is 14.7 Å². The minimum Gasteiger partial charge on any atom is -0.308 e. The topological polar surface area (TPSA) is 46.2 Å². The Labute approximate surface area is 134 Å². The molecule has 0 spiro atoms. The molecule has 0 aliphatic heterocycles. The Hall–Kier alpha value is -0.880. The Bertz CT molecular complexity index is 732. The minimum absolute atomic E-state index is 0.293. The van der Waals surface area contributed by atoms with E-state index in [-0.39, 0.29) is 0 Å². The van der Waals surface area contributed by atoms with Crippen LogP contribution in [0.4, 0.5) is 0 Å². The van der Waals surface area contributed by atoms with Gasteiger partial charge in [0, 0.05) is 39.7 Å². The number of benzene rings is 1. The van der Waals surface area contributed by atoms with E-state index in [0.29, 0.717) is 28.6 Å². The van der Waals surface area contributed by atoms with E-state index in [1.165, 1.54) is 21.6 Å². The van der Waals surface area contributed by atoms with E-state index in [1.807, 2.05) is 0 Å². The van der Waals surface area contributed by atoms with E-state index in [9.17, 15) is 8.42 Å². The van der Waals surface area contributed by atoms with E-state index in [0.717, 1.165) is 0 Å². The van der Waals surface area contributed by atoms with Crippen molar-refractivity contribution in [2.75, 3.05) is 6.26 Å². The van der Waals surface area contributed by atoms with E-state index in [1.54, 1.807) is 29.5 Å². The second kappa shape index (κ2) is 6.48. The summed E-state index contributed by atoms with van der Waals surface area (Å²) in [6.07, 6.45) is 1.20. The van der Waals surface area contributed by atoms with Gasteiger partial charge in [-0.15, -0.1) is 11.3 Å². The molecule has 1 heterocycles. The summed E-state index contributed by atoms with van der Waals surface area (Å²) >= 11 is 7.89. The summed E-state index contributed by atoms with van der Waals surface area (Å²) in [4.78, 5) is 2.83. The van der Waals surface area contributed by atoms with Crippen LogP contribution in [0.2, 0.25) is 5.02 Å². The van der Waals surface area contributed by atoms with Crippen molar-refractivity contribution in [2.24, 2.45) is 0 Å². The zero-order chi connectivity index (χ0) is 15.6. The molecule has 0 saturated carbocycles. The maximum Gasteiger partial charge on any atom is 0.175 e. The molecule has 6 heteroatoms. The Kier molecular flexibility index (Phi) is 5.09. The van der Waals surface area contributed by atoms with E-state index >= 15 is 0 Å². The predicted molar refractivity (Wildman–Crippen MR) is 88.9 cm³/mol. The van der Waals surface area contributed by atoms with Crippen LogP contribution in [0, 0.1) is 13.8 Å². The summed E-state index contributed by atoms with van der Waals surface area (Å²) in [7, 11) is -3.28. The molecule has 0 aliphatic rings. The van der Waals surface area contributed by atoms with Gasteiger partial charge in [-0.05, 0) is 37.6 Å². The second-order valence-electron chi connectivity index (χ2n) is 5.04. The van der Waals surface area contributed by atoms with Crippen molar-refractivity contribution < 1.29 is 8.42 Å². The third kappa shape index (κ3) is 4.07. The van der Waals surface area contributed by atoms with Crippen LogP contribution in [0.5, 0.6) is 0 Å². The van der Waals surface area contributed by atoms with Crippen LogP contribution in [-0.2, 0) is 22.9 Å². The largest absolute Gasteiger partial charge is 0.308 e. The van der Waals surface area contributed by atoms with Gasteiger partial charge in [0.05, 0.1) is 4.90 Å². The zero-order valence-electron chi connectivity index (χ0n) is 12.2. The number of halogens is 1. The lowest BCUT2D eigenvalue weighted by Gasteiger charge is -2.10. The van der Waals surface area contributed by atoms with Crippen LogP contribution in [0.1, 0.15) is 20.9 Å². The number of nitrogens with one attached hydrogen (secondary N) is 1. The van der Waals surface area contributed by atoms with Crippen LogP contribution < -0.4 is 5.32 Å². The van der Waals surface area contributed by atoms with E-state index in [2.05, 4.69) is 25.2 Å². The molecule has 114 valence electrons. The lowest BCUT2D eigenvalue weighted by atomic mass is 10.2. The molecule has 21 heavy (non-hydrogen) atoms. The highest BCUT2D eigenvalue weighted by atomic mass is 35.5. The third-order valence-corrected chi connectivity index (χ3v) is 5.98. The number of thiophene rings is 1. The first-order chi connectivity index (χ1) is 9.79. The van der Waals surface area contributed by atoms with E-state index < -0.39 is 9.84 Å². The Balaban J connectivity index is 2.13. The number of sulfone groups is 1. The highest BCUT2D eigenvalue weighted by Gasteiger charge is 2.15. The molecule has 3 nitrogen and oxygen atoms in total. The molecule has 2 rings (SSSR count). The van der Waals surface area contributed by atoms with Gasteiger partial charge in [0.25, 0.3) is 0 Å². The summed E-state index contributed by atoms with van der Waals surface area (Å²) < 4.78 is 23.6. The molecule has 1 aromatic carbocycles. The first-order valence-corrected chi connectivity index (χ1v) is 9.61. The molecule has 2 aromatic rings. The van der Waals surface area contributed by atoms with Crippen molar-refractivity contribution in [1.82, 2.24) is 5.32 Å². The predicted octanol–water partition coefficient (Wildman–Crippen LogP) is 3.71. The summed E-state index contributed by atoms with van der Waals surface area (Å²) in [6.45, 7) is 5.32. The van der Waals surface area contributed by atoms with Crippen LogP contribution in [0.15, 0.2) is 29.2 Å². The first kappa shape index (κ1) is 16.5. The maximum atomic E-state index is 11.8. The zero-order valence-corrected chi connectivity index (χ0v) is 14.6. The molecule has 0 amide bonds. The summed E-state index contributed by atoms with van der Waals surface area (Å²) in [5.41, 5.74) is 1.91. The van der Waals surface area contributed by atoms with Gasteiger partial charge in [0.2, 0.25) is 0 Å². The quantitative estimate of drug-likeness (QED) is 0.900. The molecular weight excluding hydrogens is 326 g/mol. The highest BCUT2D eigenvalue weighted by molar-refractivity contribution is 7.90. The van der Waals surface area contributed by atoms with Gasteiger partial charge in [-0.25, -0.2) is 8.42 Å². The second-order valence-corrected chi connectivity index (χ2v) is 8.78. The van der Waals surface area contributed by atoms with Gasteiger partial charge in [-0.3, -0.25) is 0 Å². The molecule has 1 aromatic heterocycles. The number of hydrogen-bond acceptors (Lipinski definition) is 4. The Morgan fingerprint density at radius 1 is 1.24 bits per heavy atom. The minimum atomic E-state index is -3.28. The van der Waals surface area contributed by atoms with Crippen molar-refractivity contribution in [2.45, 2.75) is 31.8 Å². The van der Waals surface area contributed by atoms with Crippen LogP contribution in [0.25, 0.3) is 0 Å². The molecule has 0 bridgehead atoms. The van der Waals surface area contributed by atoms with Crippen molar-refractivity contribution >= 4 is 32.8 Å². The Morgan fingerprint density at radius 2 is 1.95 bits per heavy atom. The SMILES string of the molecule is Cc1cc(CNCc2c(Cl)cccc2S(C)(=O)=O)sc1C. The van der Waals surface area contributed by atoms with Crippen LogP contribution >= 0.6 is 22.9 Å². The maximum absolute atomic E-state index is 11.8. The molecule has 0 radical (unpaired) electrons. The van der Waals surface area contributed by atoms with Gasteiger partial charge in [-0.2, -0.15) is 0 Å². The van der Waals surface area contributed by atoms with Gasteiger partial charge in [0.15, 0.2) is 9.84 Å². The highest BCUT2D eigenvalue weighted by Crippen LogP contribution is 2.24. The molecule has 0 saturated heterocycles. The van der Waals surface area contributed by atoms with Gasteiger partial charge >= 0.3 is 0 Å². The van der Waals surface area contributed by atoms with Crippen molar-refractivity contribution in [3.63, 3.8) is 0 Å². The third-order valence-electron chi connectivity index (χ3n) is 3.29. The van der Waals surface area contributed by atoms with Crippen LogP contribution in [0.3, 0.4) is 0 Å². The molecule has 0 atom stereocenters. The Morgan fingerprint density at radius 3 is 2.52 bits per heavy atom. The first-order valence-electron chi connectivity index (χ1n) is 6.53. The average molecular weight is 344 g/mol. The van der Waals surface area contributed by atoms with Crippen molar-refractivity contribution in [3.05, 3.63) is 50.2 Å². The lowest BCUT2D eigenvalue weighted by Crippen LogP contribution is -2.15. The molecule has 1 N–H and O–H groups in total. The van der Waals surface area contributed by atoms with Gasteiger partial charge in [0.1, 0.15) is 0 Å². The fourth-order valence-electron chi connectivity index (χ4n) is 2.11. The van der Waals surface area contributed by atoms with Crippen molar-refractivity contribution in [3.8, 4) is 0 Å². The number of aryl methyl sites for hydroxylation is 2. The molecule has 0 aliphatic carbocycles. The van der Waals surface area contributed by atoms with Gasteiger partial charge in [-0.1, -0.05) is 17.7 Å². The normalized spacial score (nSPS) is 11.8. The summed E-state index contributed by atoms with van der Waals surface area (Å²) in [5.74, 6) is 0. The molecule has 0 unspecified atom stereocenters. The number of rotatable bonds is 5. The lowest BCUT2D eigenvalue weighted by molar-refractivity contribution is 0.598. The fraction of sp³-hybridized carbons (Fsp3) is 0.333. The smallest absolute Gasteiger partial charge is 0.175 e. The molecule has 0 fully saturated rings. The monoisotopic (exact) mass is 343 g/mol. The summed E-state index contributed by atoms with van der Waals surface area (Å²) in [5, 5.41) is 3.75. The average Bonchev–Trinajstić information content (AvgIpc) is 2.69. The standard InChI is InChI=1S/C15H18ClNO2S2/c1-10-7-12(20-11(10)2)8-17-9-13-14(16)5-4-6-15(13)21(3,18)19/h4-7,17H,8-9H2,1-3H3. The van der Waals surface area contributed by atoms with Gasteiger partial charge < -0.3 is 5.32 Å². The van der Waals surface area contributed by atoms with E-state index in [4.69, 9.17) is 11.6 Å². The summed E-state index contributed by atoms with van der Waals surface area (Å²) in [6, 6.07) is 7.12.